The number of aromatic nitrogens is 6. The number of allylic oxidation sites excluding steroid dienone is 1. The lowest BCUT2D eigenvalue weighted by molar-refractivity contribution is 0.640. The van der Waals surface area contributed by atoms with E-state index in [2.05, 4.69) is 131 Å². The smallest absolute Gasteiger partial charge is 0.164 e. The van der Waals surface area contributed by atoms with Crippen LogP contribution in [-0.4, -0.2) is 29.1 Å². The minimum absolute atomic E-state index is 0.181. The highest BCUT2D eigenvalue weighted by Crippen LogP contribution is 2.46. The molecule has 57 heavy (non-hydrogen) atoms. The van der Waals surface area contributed by atoms with Crippen LogP contribution in [0.4, 0.5) is 0 Å². The zero-order valence-electron chi connectivity index (χ0n) is 31.2. The van der Waals surface area contributed by atoms with Crippen LogP contribution in [0.25, 0.3) is 84.5 Å². The fourth-order valence-electron chi connectivity index (χ4n) is 8.76. The van der Waals surface area contributed by atoms with E-state index < -0.39 is 0 Å². The van der Waals surface area contributed by atoms with Gasteiger partial charge in [-0.15, -0.1) is 0 Å². The second kappa shape index (κ2) is 13.4. The van der Waals surface area contributed by atoms with E-state index in [1.54, 1.807) is 0 Å². The molecule has 0 spiro atoms. The molecule has 4 heterocycles. The van der Waals surface area contributed by atoms with Gasteiger partial charge in [-0.2, -0.15) is 0 Å². The summed E-state index contributed by atoms with van der Waals surface area (Å²) in [6.07, 6.45) is 6.63. The molecule has 270 valence electrons. The Morgan fingerprint density at radius 2 is 1.07 bits per heavy atom. The number of para-hydroxylation sites is 2. The van der Waals surface area contributed by atoms with Gasteiger partial charge in [0.1, 0.15) is 0 Å². The summed E-state index contributed by atoms with van der Waals surface area (Å²) in [6.45, 7) is 2.37. The Kier molecular flexibility index (Phi) is 7.74. The van der Waals surface area contributed by atoms with E-state index in [1.807, 2.05) is 72.9 Å². The van der Waals surface area contributed by atoms with E-state index >= 15 is 0 Å². The molecule has 1 aliphatic rings. The summed E-state index contributed by atoms with van der Waals surface area (Å²) in [5.74, 6) is 2.31. The van der Waals surface area contributed by atoms with E-state index in [1.165, 1.54) is 33.4 Å². The molecule has 0 saturated heterocycles. The monoisotopic (exact) mass is 732 g/mol. The van der Waals surface area contributed by atoms with Crippen LogP contribution in [0.3, 0.4) is 0 Å². The van der Waals surface area contributed by atoms with Gasteiger partial charge in [0, 0.05) is 68.1 Å². The first-order valence-electron chi connectivity index (χ1n) is 19.4. The lowest BCUT2D eigenvalue weighted by Gasteiger charge is -2.28. The molecule has 1 aliphatic carbocycles. The van der Waals surface area contributed by atoms with Crippen LogP contribution in [0.15, 0.2) is 182 Å². The molecule has 2 unspecified atom stereocenters. The highest BCUT2D eigenvalue weighted by atomic mass is 15.0. The second-order valence-corrected chi connectivity index (χ2v) is 14.7. The van der Waals surface area contributed by atoms with Crippen molar-refractivity contribution in [3.05, 3.63) is 199 Å². The molecular weight excluding hydrogens is 697 g/mol. The van der Waals surface area contributed by atoms with Crippen LogP contribution in [0.1, 0.15) is 35.6 Å². The molecule has 11 rings (SSSR count). The maximum Gasteiger partial charge on any atom is 0.164 e. The van der Waals surface area contributed by atoms with Crippen LogP contribution in [0.5, 0.6) is 0 Å². The molecule has 6 nitrogen and oxygen atoms in total. The summed E-state index contributed by atoms with van der Waals surface area (Å²) in [4.78, 5) is 19.9. The summed E-state index contributed by atoms with van der Waals surface area (Å²) in [7, 11) is 0. The van der Waals surface area contributed by atoms with E-state index in [9.17, 15) is 0 Å². The van der Waals surface area contributed by atoms with Gasteiger partial charge in [0.15, 0.2) is 17.5 Å². The van der Waals surface area contributed by atoms with Crippen molar-refractivity contribution in [3.8, 4) is 45.5 Å². The normalized spacial score (nSPS) is 15.0. The third-order valence-electron chi connectivity index (χ3n) is 11.4. The van der Waals surface area contributed by atoms with Crippen LogP contribution in [-0.2, 0) is 0 Å². The number of benzene rings is 6. The summed E-state index contributed by atoms with van der Waals surface area (Å²) < 4.78 is 4.77. The van der Waals surface area contributed by atoms with Crippen LogP contribution < -0.4 is 0 Å². The lowest BCUT2D eigenvalue weighted by atomic mass is 9.79. The Bertz CT molecular complexity index is 3090. The van der Waals surface area contributed by atoms with Crippen molar-refractivity contribution in [1.82, 2.24) is 29.1 Å². The van der Waals surface area contributed by atoms with Crippen molar-refractivity contribution in [2.75, 3.05) is 0 Å². The van der Waals surface area contributed by atoms with E-state index in [0.717, 1.165) is 44.3 Å². The molecule has 6 aromatic carbocycles. The highest BCUT2D eigenvalue weighted by Gasteiger charge is 2.30. The largest absolute Gasteiger partial charge is 0.313 e. The molecule has 6 heteroatoms. The van der Waals surface area contributed by atoms with Gasteiger partial charge in [-0.05, 0) is 60.2 Å². The molecule has 0 fully saturated rings. The molecule has 2 atom stereocenters. The Morgan fingerprint density at radius 1 is 0.474 bits per heavy atom. The molecule has 0 aliphatic heterocycles. The number of hydrogen-bond acceptors (Lipinski definition) is 4. The summed E-state index contributed by atoms with van der Waals surface area (Å²) >= 11 is 0. The number of pyridine rings is 1. The maximum atomic E-state index is 5.02. The summed E-state index contributed by atoms with van der Waals surface area (Å²) in [5, 5.41) is 2.41. The average molecular weight is 733 g/mol. The Labute approximate surface area is 330 Å². The van der Waals surface area contributed by atoms with Gasteiger partial charge in [-0.3, -0.25) is 4.98 Å². The van der Waals surface area contributed by atoms with Gasteiger partial charge >= 0.3 is 0 Å². The second-order valence-electron chi connectivity index (χ2n) is 14.7. The van der Waals surface area contributed by atoms with Crippen molar-refractivity contribution in [2.24, 2.45) is 0 Å². The Balaban J connectivity index is 1.03. The first kappa shape index (κ1) is 32.9. The maximum absolute atomic E-state index is 5.02. The van der Waals surface area contributed by atoms with Gasteiger partial charge in [-0.1, -0.05) is 134 Å². The minimum Gasteiger partial charge on any atom is -0.313 e. The highest BCUT2D eigenvalue weighted by molar-refractivity contribution is 6.07. The van der Waals surface area contributed by atoms with Gasteiger partial charge in [0.05, 0.1) is 22.1 Å². The minimum atomic E-state index is 0.181. The Hall–Kier alpha value is -7.44. The molecular formula is C51H36N6. The van der Waals surface area contributed by atoms with Gasteiger partial charge in [0.25, 0.3) is 0 Å². The standard InChI is InChI=1S/C51H36N6/c1-33-40(27-28-42-41-23-11-12-24-44(41)57(48(33)42)38-20-9-4-10-21-38)36-26-29-45-43(32-36)47-46(25-14-30-52-47)56(45)39-22-13-19-37(31-39)51-54-49(34-15-5-2-6-16-34)53-50(55-51)35-17-7-3-8-18-35/h2-33,40H,1H3. The van der Waals surface area contributed by atoms with Gasteiger partial charge in [-0.25, -0.2) is 15.0 Å². The number of hydrogen-bond donors (Lipinski definition) is 0. The Morgan fingerprint density at radius 3 is 1.81 bits per heavy atom. The van der Waals surface area contributed by atoms with Crippen molar-refractivity contribution < 1.29 is 0 Å². The van der Waals surface area contributed by atoms with Gasteiger partial charge in [0.2, 0.25) is 0 Å². The van der Waals surface area contributed by atoms with Crippen LogP contribution >= 0.6 is 0 Å². The molecule has 0 saturated carbocycles. The molecule has 0 amide bonds. The fourth-order valence-corrected chi connectivity index (χ4v) is 8.76. The summed E-state index contributed by atoms with van der Waals surface area (Å²) in [6, 6.07) is 59.3. The van der Waals surface area contributed by atoms with Crippen molar-refractivity contribution in [3.63, 3.8) is 0 Å². The van der Waals surface area contributed by atoms with E-state index in [-0.39, 0.29) is 11.8 Å². The zero-order chi connectivity index (χ0) is 37.9. The first-order valence-corrected chi connectivity index (χ1v) is 19.4. The molecule has 0 radical (unpaired) electrons. The molecule has 4 aromatic heterocycles. The lowest BCUT2D eigenvalue weighted by Crippen LogP contribution is -2.14. The quantitative estimate of drug-likeness (QED) is 0.171. The topological polar surface area (TPSA) is 61.4 Å². The predicted molar refractivity (Wildman–Crippen MR) is 232 cm³/mol. The van der Waals surface area contributed by atoms with Crippen molar-refractivity contribution >= 4 is 38.9 Å². The third kappa shape index (κ3) is 5.48. The fraction of sp³-hybridized carbons (Fsp3) is 0.0588. The van der Waals surface area contributed by atoms with Gasteiger partial charge < -0.3 is 9.13 Å². The third-order valence-corrected chi connectivity index (χ3v) is 11.4. The van der Waals surface area contributed by atoms with E-state index in [0.29, 0.717) is 17.5 Å². The van der Waals surface area contributed by atoms with E-state index in [4.69, 9.17) is 19.9 Å². The van der Waals surface area contributed by atoms with Crippen LogP contribution in [0, 0.1) is 0 Å². The molecule has 0 bridgehead atoms. The SMILES string of the molecule is CC1c2c(c3ccccc3n2-c2ccccc2)C=CC1c1ccc2c(c1)c1ncccc1n2-c1cccc(-c2nc(-c3ccccc3)nc(-c3ccccc3)n2)c1. The number of fused-ring (bicyclic) bond motifs is 6. The molecule has 10 aromatic rings. The predicted octanol–water partition coefficient (Wildman–Crippen LogP) is 12.2. The number of nitrogens with zero attached hydrogens (tertiary/aromatic N) is 6. The first-order chi connectivity index (χ1) is 28.2. The number of rotatable bonds is 6. The van der Waals surface area contributed by atoms with Crippen molar-refractivity contribution in [1.29, 1.82) is 0 Å². The zero-order valence-corrected chi connectivity index (χ0v) is 31.2. The summed E-state index contributed by atoms with van der Waals surface area (Å²) in [5.41, 5.74) is 13.3. The van der Waals surface area contributed by atoms with Crippen molar-refractivity contribution in [2.45, 2.75) is 18.8 Å². The van der Waals surface area contributed by atoms with Crippen LogP contribution in [0.2, 0.25) is 0 Å². The molecule has 0 N–H and O–H groups in total. The average Bonchev–Trinajstić information content (AvgIpc) is 3.80.